The Bertz CT molecular complexity index is 876. The molecule has 8 heteroatoms. The average Bonchev–Trinajstić information content (AvgIpc) is 2.74. The number of carbonyl (C=O) groups excluding carboxylic acids is 4. The molecule has 1 amide bonds. The molecule has 0 heterocycles. The van der Waals surface area contributed by atoms with Gasteiger partial charge in [0.2, 0.25) is 11.7 Å². The van der Waals surface area contributed by atoms with Gasteiger partial charge < -0.3 is 14.8 Å². The minimum atomic E-state index is -0.766. The number of rotatable bonds is 8. The number of amides is 1. The van der Waals surface area contributed by atoms with Crippen LogP contribution in [0.5, 0.6) is 5.75 Å². The number of allylic oxidation sites excluding steroid dienone is 2. The summed E-state index contributed by atoms with van der Waals surface area (Å²) in [6, 6.07) is 4.09. The molecule has 1 aliphatic carbocycles. The number of hydrogen-bond acceptors (Lipinski definition) is 7. The van der Waals surface area contributed by atoms with Gasteiger partial charge in [0.1, 0.15) is 11.8 Å². The normalized spacial score (nSPS) is 15.5. The van der Waals surface area contributed by atoms with Crippen molar-refractivity contribution in [1.29, 1.82) is 0 Å². The fraction of sp³-hybridized carbons (Fsp3) is 0.429. The van der Waals surface area contributed by atoms with Gasteiger partial charge in [-0.2, -0.15) is 0 Å². The molecule has 2 rings (SSSR count). The van der Waals surface area contributed by atoms with E-state index in [2.05, 4.69) is 5.32 Å². The maximum atomic E-state index is 13.0. The summed E-state index contributed by atoms with van der Waals surface area (Å²) in [5.41, 5.74) is 0.795. The SMILES string of the molecule is CCC(C)[C@H](NC(=O)CSC1=C(C)C(=O)c2cccc(OC)c2C1=O)C(=O)OC. The summed E-state index contributed by atoms with van der Waals surface area (Å²) in [5.74, 6) is -1.45. The van der Waals surface area contributed by atoms with Crippen LogP contribution in [-0.2, 0) is 14.3 Å². The van der Waals surface area contributed by atoms with E-state index in [0.29, 0.717) is 23.3 Å². The molecule has 0 saturated carbocycles. The molecular formula is C21H25NO6S. The van der Waals surface area contributed by atoms with Gasteiger partial charge in [0.05, 0.1) is 30.4 Å². The standard InChI is InChI=1S/C21H25NO6S/c1-6-11(2)17(21(26)28-5)22-15(23)10-29-20-12(3)18(24)13-8-7-9-14(27-4)16(13)19(20)25/h7-9,11,17H,6,10H2,1-5H3,(H,22,23)/t11?,17-/m0/s1. The van der Waals surface area contributed by atoms with Gasteiger partial charge in [-0.25, -0.2) is 4.79 Å². The van der Waals surface area contributed by atoms with E-state index >= 15 is 0 Å². The summed E-state index contributed by atoms with van der Waals surface area (Å²) in [4.78, 5) is 50.2. The lowest BCUT2D eigenvalue weighted by atomic mass is 9.89. The minimum absolute atomic E-state index is 0.105. The Labute approximate surface area is 174 Å². The highest BCUT2D eigenvalue weighted by Gasteiger charge is 2.33. The number of nitrogens with one attached hydrogen (secondary N) is 1. The predicted molar refractivity (Wildman–Crippen MR) is 110 cm³/mol. The first kappa shape index (κ1) is 22.7. The van der Waals surface area contributed by atoms with Crippen LogP contribution in [0.3, 0.4) is 0 Å². The third-order valence-corrected chi connectivity index (χ3v) is 6.12. The monoisotopic (exact) mass is 419 g/mol. The van der Waals surface area contributed by atoms with Crippen molar-refractivity contribution < 1.29 is 28.7 Å². The number of fused-ring (bicyclic) bond motifs is 1. The molecule has 0 saturated heterocycles. The first-order chi connectivity index (χ1) is 13.8. The maximum absolute atomic E-state index is 13.0. The molecule has 0 aliphatic heterocycles. The van der Waals surface area contributed by atoms with Crippen LogP contribution in [0, 0.1) is 5.92 Å². The molecule has 0 radical (unpaired) electrons. The zero-order valence-electron chi connectivity index (χ0n) is 17.2. The third kappa shape index (κ3) is 4.70. The van der Waals surface area contributed by atoms with Crippen LogP contribution in [0.4, 0.5) is 0 Å². The van der Waals surface area contributed by atoms with Crippen LogP contribution in [0.15, 0.2) is 28.7 Å². The van der Waals surface area contributed by atoms with Crippen LogP contribution >= 0.6 is 11.8 Å². The van der Waals surface area contributed by atoms with E-state index in [1.54, 1.807) is 25.1 Å². The highest BCUT2D eigenvalue weighted by atomic mass is 32.2. The molecule has 0 bridgehead atoms. The summed E-state index contributed by atoms with van der Waals surface area (Å²) in [6.45, 7) is 5.32. The van der Waals surface area contributed by atoms with Gasteiger partial charge in [0.15, 0.2) is 5.78 Å². The molecule has 1 N–H and O–H groups in total. The molecule has 0 fully saturated rings. The Hall–Kier alpha value is -2.61. The number of thioether (sulfide) groups is 1. The van der Waals surface area contributed by atoms with Gasteiger partial charge in [-0.1, -0.05) is 32.4 Å². The number of ketones is 2. The van der Waals surface area contributed by atoms with Crippen molar-refractivity contribution in [3.8, 4) is 5.75 Å². The molecule has 29 heavy (non-hydrogen) atoms. The highest BCUT2D eigenvalue weighted by molar-refractivity contribution is 8.04. The fourth-order valence-electron chi connectivity index (χ4n) is 3.04. The number of hydrogen-bond donors (Lipinski definition) is 1. The Morgan fingerprint density at radius 3 is 2.45 bits per heavy atom. The Morgan fingerprint density at radius 1 is 1.17 bits per heavy atom. The Balaban J connectivity index is 2.18. The second-order valence-electron chi connectivity index (χ2n) is 6.74. The van der Waals surface area contributed by atoms with Crippen molar-refractivity contribution in [2.75, 3.05) is 20.0 Å². The molecule has 1 unspecified atom stereocenters. The lowest BCUT2D eigenvalue weighted by Gasteiger charge is -2.23. The second kappa shape index (κ2) is 9.73. The van der Waals surface area contributed by atoms with E-state index in [-0.39, 0.29) is 33.7 Å². The van der Waals surface area contributed by atoms with Crippen molar-refractivity contribution >= 4 is 35.2 Å². The second-order valence-corrected chi connectivity index (χ2v) is 7.72. The van der Waals surface area contributed by atoms with Gasteiger partial charge in [0.25, 0.3) is 0 Å². The highest BCUT2D eigenvalue weighted by Crippen LogP contribution is 2.36. The summed E-state index contributed by atoms with van der Waals surface area (Å²) < 4.78 is 10.00. The lowest BCUT2D eigenvalue weighted by molar-refractivity contribution is -0.146. The van der Waals surface area contributed by atoms with Crippen molar-refractivity contribution in [3.63, 3.8) is 0 Å². The van der Waals surface area contributed by atoms with Gasteiger partial charge >= 0.3 is 5.97 Å². The van der Waals surface area contributed by atoms with E-state index in [1.807, 2.05) is 13.8 Å². The van der Waals surface area contributed by atoms with Crippen LogP contribution in [0.25, 0.3) is 0 Å². The smallest absolute Gasteiger partial charge is 0.328 e. The van der Waals surface area contributed by atoms with Crippen LogP contribution in [0.2, 0.25) is 0 Å². The van der Waals surface area contributed by atoms with Crippen LogP contribution in [0.1, 0.15) is 47.9 Å². The molecule has 156 valence electrons. The summed E-state index contributed by atoms with van der Waals surface area (Å²) >= 11 is 0.978. The van der Waals surface area contributed by atoms with Crippen LogP contribution < -0.4 is 10.1 Å². The average molecular weight is 419 g/mol. The molecule has 1 aliphatic rings. The Kier molecular flexibility index (Phi) is 7.61. The molecule has 0 aromatic heterocycles. The predicted octanol–water partition coefficient (Wildman–Crippen LogP) is 2.79. The van der Waals surface area contributed by atoms with Gasteiger partial charge in [-0.05, 0) is 18.9 Å². The molecule has 0 spiro atoms. The van der Waals surface area contributed by atoms with E-state index in [9.17, 15) is 19.2 Å². The summed E-state index contributed by atoms with van der Waals surface area (Å²) in [5, 5.41) is 2.66. The Morgan fingerprint density at radius 2 is 1.86 bits per heavy atom. The molecule has 1 aromatic rings. The topological polar surface area (TPSA) is 98.8 Å². The molecule has 2 atom stereocenters. The fourth-order valence-corrected chi connectivity index (χ4v) is 3.94. The van der Waals surface area contributed by atoms with E-state index < -0.39 is 17.9 Å². The number of ether oxygens (including phenoxy) is 2. The van der Waals surface area contributed by atoms with Gasteiger partial charge in [0, 0.05) is 11.1 Å². The van der Waals surface area contributed by atoms with Crippen molar-refractivity contribution in [3.05, 3.63) is 39.8 Å². The lowest BCUT2D eigenvalue weighted by Crippen LogP contribution is -2.46. The first-order valence-electron chi connectivity index (χ1n) is 9.24. The van der Waals surface area contributed by atoms with E-state index in [0.717, 1.165) is 11.8 Å². The minimum Gasteiger partial charge on any atom is -0.496 e. The van der Waals surface area contributed by atoms with Crippen molar-refractivity contribution in [2.24, 2.45) is 5.92 Å². The van der Waals surface area contributed by atoms with E-state index in [1.165, 1.54) is 14.2 Å². The number of Topliss-reactive ketones (excluding diaryl/α,β-unsaturated/α-hetero) is 2. The number of carbonyl (C=O) groups is 4. The zero-order valence-corrected chi connectivity index (χ0v) is 18.0. The third-order valence-electron chi connectivity index (χ3n) is 4.94. The van der Waals surface area contributed by atoms with Crippen molar-refractivity contribution in [2.45, 2.75) is 33.2 Å². The quantitative estimate of drug-likeness (QED) is 0.647. The maximum Gasteiger partial charge on any atom is 0.328 e. The largest absolute Gasteiger partial charge is 0.496 e. The van der Waals surface area contributed by atoms with E-state index in [4.69, 9.17) is 9.47 Å². The molecule has 1 aromatic carbocycles. The number of esters is 1. The number of methoxy groups -OCH3 is 2. The zero-order chi connectivity index (χ0) is 21.7. The molecule has 7 nitrogen and oxygen atoms in total. The summed E-state index contributed by atoms with van der Waals surface area (Å²) in [6.07, 6.45) is 0.682. The molecular weight excluding hydrogens is 394 g/mol. The number of benzene rings is 1. The summed E-state index contributed by atoms with van der Waals surface area (Å²) in [7, 11) is 2.70. The van der Waals surface area contributed by atoms with Gasteiger partial charge in [-0.3, -0.25) is 14.4 Å². The van der Waals surface area contributed by atoms with Crippen molar-refractivity contribution in [1.82, 2.24) is 5.32 Å². The first-order valence-corrected chi connectivity index (χ1v) is 10.2. The van der Waals surface area contributed by atoms with Crippen LogP contribution in [-0.4, -0.2) is 49.5 Å². The van der Waals surface area contributed by atoms with Gasteiger partial charge in [-0.15, -0.1) is 11.8 Å².